The minimum Gasteiger partial charge on any atom is -0.447 e. The summed E-state index contributed by atoms with van der Waals surface area (Å²) >= 11 is 9.25. The smallest absolute Gasteiger partial charge is 0.180 e. The summed E-state index contributed by atoms with van der Waals surface area (Å²) < 4.78 is 6.03. The van der Waals surface area contributed by atoms with Crippen molar-refractivity contribution in [2.45, 2.75) is 6.54 Å². The van der Waals surface area contributed by atoms with Crippen molar-refractivity contribution in [3.63, 3.8) is 0 Å². The van der Waals surface area contributed by atoms with Crippen LogP contribution in [0.1, 0.15) is 5.76 Å². The van der Waals surface area contributed by atoms with E-state index in [0.717, 1.165) is 15.9 Å². The number of nitrogens with zero attached hydrogens (tertiary/aromatic N) is 1. The summed E-state index contributed by atoms with van der Waals surface area (Å²) in [6.45, 7) is 0.597. The molecule has 0 fully saturated rings. The van der Waals surface area contributed by atoms with E-state index in [1.165, 1.54) is 6.39 Å². The molecule has 2 aromatic rings. The van der Waals surface area contributed by atoms with E-state index in [1.807, 2.05) is 18.2 Å². The highest BCUT2D eigenvalue weighted by molar-refractivity contribution is 9.10. The van der Waals surface area contributed by atoms with Crippen LogP contribution in [0.3, 0.4) is 0 Å². The zero-order valence-corrected chi connectivity index (χ0v) is 10.0. The summed E-state index contributed by atoms with van der Waals surface area (Å²) in [5.41, 5.74) is 0.968. The van der Waals surface area contributed by atoms with Crippen molar-refractivity contribution in [1.82, 2.24) is 4.98 Å². The standard InChI is InChI=1S/C10H8BrClN2O/c11-9-3-7(12)1-2-10(9)14-5-8-4-13-6-15-8/h1-4,6,14H,5H2. The monoisotopic (exact) mass is 286 g/mol. The minimum absolute atomic E-state index is 0.597. The number of rotatable bonds is 3. The van der Waals surface area contributed by atoms with E-state index in [9.17, 15) is 0 Å². The van der Waals surface area contributed by atoms with Gasteiger partial charge in [-0.25, -0.2) is 4.98 Å². The molecule has 3 nitrogen and oxygen atoms in total. The first-order chi connectivity index (χ1) is 7.25. The predicted molar refractivity (Wildman–Crippen MR) is 63.0 cm³/mol. The van der Waals surface area contributed by atoms with E-state index in [4.69, 9.17) is 16.0 Å². The zero-order chi connectivity index (χ0) is 10.7. The van der Waals surface area contributed by atoms with Gasteiger partial charge in [-0.1, -0.05) is 11.6 Å². The van der Waals surface area contributed by atoms with Crippen LogP contribution < -0.4 is 5.32 Å². The first-order valence-corrected chi connectivity index (χ1v) is 5.49. The Bertz CT molecular complexity index is 445. The molecule has 0 aliphatic rings. The number of nitrogens with one attached hydrogen (secondary N) is 1. The highest BCUT2D eigenvalue weighted by atomic mass is 79.9. The Labute approximate surface area is 101 Å². The molecule has 0 saturated heterocycles. The summed E-state index contributed by atoms with van der Waals surface area (Å²) in [4.78, 5) is 3.83. The van der Waals surface area contributed by atoms with Crippen LogP contribution in [-0.2, 0) is 6.54 Å². The number of anilines is 1. The molecule has 15 heavy (non-hydrogen) atoms. The second kappa shape index (κ2) is 4.68. The first kappa shape index (κ1) is 10.5. The molecular formula is C10H8BrClN2O. The Morgan fingerprint density at radius 3 is 3.00 bits per heavy atom. The molecule has 5 heteroatoms. The van der Waals surface area contributed by atoms with Crippen LogP contribution in [0.25, 0.3) is 0 Å². The molecule has 1 heterocycles. The van der Waals surface area contributed by atoms with Gasteiger partial charge >= 0.3 is 0 Å². The average molecular weight is 288 g/mol. The molecule has 1 aromatic carbocycles. The Morgan fingerprint density at radius 1 is 1.47 bits per heavy atom. The van der Waals surface area contributed by atoms with Crippen LogP contribution >= 0.6 is 27.5 Å². The summed E-state index contributed by atoms with van der Waals surface area (Å²) in [5, 5.41) is 3.90. The zero-order valence-electron chi connectivity index (χ0n) is 7.71. The highest BCUT2D eigenvalue weighted by Gasteiger charge is 2.01. The Kier molecular flexibility index (Phi) is 3.28. The number of halogens is 2. The molecule has 0 atom stereocenters. The van der Waals surface area contributed by atoms with Crippen LogP contribution in [0, 0.1) is 0 Å². The third-order valence-electron chi connectivity index (χ3n) is 1.87. The fourth-order valence-corrected chi connectivity index (χ4v) is 1.97. The van der Waals surface area contributed by atoms with Gasteiger partial charge in [0.2, 0.25) is 0 Å². The first-order valence-electron chi connectivity index (χ1n) is 4.32. The molecule has 0 radical (unpaired) electrons. The molecule has 1 N–H and O–H groups in total. The van der Waals surface area contributed by atoms with Crippen molar-refractivity contribution in [3.05, 3.63) is 46.0 Å². The lowest BCUT2D eigenvalue weighted by atomic mass is 10.3. The Morgan fingerprint density at radius 2 is 2.33 bits per heavy atom. The van der Waals surface area contributed by atoms with Crippen molar-refractivity contribution < 1.29 is 4.42 Å². The fraction of sp³-hybridized carbons (Fsp3) is 0.100. The molecule has 0 aliphatic heterocycles. The van der Waals surface area contributed by atoms with Crippen molar-refractivity contribution >= 4 is 33.2 Å². The van der Waals surface area contributed by atoms with Gasteiger partial charge in [0.15, 0.2) is 6.39 Å². The van der Waals surface area contributed by atoms with Gasteiger partial charge in [0, 0.05) is 15.2 Å². The summed E-state index contributed by atoms with van der Waals surface area (Å²) in [6, 6.07) is 5.57. The van der Waals surface area contributed by atoms with Crippen LogP contribution in [0.2, 0.25) is 5.02 Å². The second-order valence-electron chi connectivity index (χ2n) is 2.95. The third-order valence-corrected chi connectivity index (χ3v) is 2.76. The number of aromatic nitrogens is 1. The van der Waals surface area contributed by atoms with Crippen molar-refractivity contribution in [3.8, 4) is 0 Å². The lowest BCUT2D eigenvalue weighted by molar-refractivity contribution is 0.511. The maximum absolute atomic E-state index is 5.83. The van der Waals surface area contributed by atoms with Gasteiger partial charge in [0.1, 0.15) is 5.76 Å². The van der Waals surface area contributed by atoms with Crippen molar-refractivity contribution in [2.24, 2.45) is 0 Å². The van der Waals surface area contributed by atoms with Crippen LogP contribution in [0.5, 0.6) is 0 Å². The van der Waals surface area contributed by atoms with Gasteiger partial charge in [-0.2, -0.15) is 0 Å². The summed E-state index contributed by atoms with van der Waals surface area (Å²) in [6.07, 6.45) is 3.09. The van der Waals surface area contributed by atoms with E-state index in [2.05, 4.69) is 26.2 Å². The summed E-state index contributed by atoms with van der Waals surface area (Å²) in [7, 11) is 0. The molecule has 0 aliphatic carbocycles. The van der Waals surface area contributed by atoms with Crippen LogP contribution in [0.15, 0.2) is 39.7 Å². The molecule has 78 valence electrons. The maximum Gasteiger partial charge on any atom is 0.180 e. The fourth-order valence-electron chi connectivity index (χ4n) is 1.14. The number of benzene rings is 1. The van der Waals surface area contributed by atoms with Crippen molar-refractivity contribution in [1.29, 1.82) is 0 Å². The molecule has 0 unspecified atom stereocenters. The van der Waals surface area contributed by atoms with Crippen molar-refractivity contribution in [2.75, 3.05) is 5.32 Å². The summed E-state index contributed by atoms with van der Waals surface area (Å²) in [5.74, 6) is 0.789. The molecule has 0 saturated carbocycles. The Balaban J connectivity index is 2.05. The SMILES string of the molecule is Clc1ccc(NCc2cnco2)c(Br)c1. The minimum atomic E-state index is 0.597. The number of hydrogen-bond donors (Lipinski definition) is 1. The van der Waals surface area contributed by atoms with Gasteiger partial charge in [0.05, 0.1) is 12.7 Å². The Hall–Kier alpha value is -1.00. The third kappa shape index (κ3) is 2.73. The van der Waals surface area contributed by atoms with E-state index in [-0.39, 0.29) is 0 Å². The molecule has 0 bridgehead atoms. The van der Waals surface area contributed by atoms with Crippen LogP contribution in [-0.4, -0.2) is 4.98 Å². The quantitative estimate of drug-likeness (QED) is 0.935. The second-order valence-corrected chi connectivity index (χ2v) is 4.24. The van der Waals surface area contributed by atoms with Crippen LogP contribution in [0.4, 0.5) is 5.69 Å². The topological polar surface area (TPSA) is 38.1 Å². The van der Waals surface area contributed by atoms with Gasteiger partial charge in [-0.3, -0.25) is 0 Å². The van der Waals surface area contributed by atoms with Gasteiger partial charge < -0.3 is 9.73 Å². The van der Waals surface area contributed by atoms with Gasteiger partial charge in [-0.05, 0) is 34.1 Å². The maximum atomic E-state index is 5.83. The number of hydrogen-bond acceptors (Lipinski definition) is 3. The molecule has 0 spiro atoms. The normalized spacial score (nSPS) is 10.3. The molecule has 2 rings (SSSR count). The molecule has 1 aromatic heterocycles. The van der Waals surface area contributed by atoms with E-state index < -0.39 is 0 Å². The van der Waals surface area contributed by atoms with E-state index in [1.54, 1.807) is 6.20 Å². The number of oxazole rings is 1. The highest BCUT2D eigenvalue weighted by Crippen LogP contribution is 2.26. The largest absolute Gasteiger partial charge is 0.447 e. The van der Waals surface area contributed by atoms with E-state index in [0.29, 0.717) is 11.6 Å². The molecular weight excluding hydrogens is 279 g/mol. The molecule has 0 amide bonds. The lowest BCUT2D eigenvalue weighted by Crippen LogP contribution is -1.98. The van der Waals surface area contributed by atoms with Gasteiger partial charge in [-0.15, -0.1) is 0 Å². The lowest BCUT2D eigenvalue weighted by Gasteiger charge is -2.06. The van der Waals surface area contributed by atoms with E-state index >= 15 is 0 Å². The average Bonchev–Trinajstić information content (AvgIpc) is 2.69. The predicted octanol–water partition coefficient (Wildman–Crippen LogP) is 3.70. The van der Waals surface area contributed by atoms with Gasteiger partial charge in [0.25, 0.3) is 0 Å².